The van der Waals surface area contributed by atoms with E-state index < -0.39 is 5.54 Å². The van der Waals surface area contributed by atoms with Gasteiger partial charge in [-0.15, -0.1) is 0 Å². The monoisotopic (exact) mass is 419 g/mol. The first-order valence-corrected chi connectivity index (χ1v) is 10.3. The van der Waals surface area contributed by atoms with Gasteiger partial charge in [0.1, 0.15) is 23.9 Å². The van der Waals surface area contributed by atoms with Gasteiger partial charge in [-0.2, -0.15) is 0 Å². The Morgan fingerprint density at radius 3 is 2.61 bits per heavy atom. The fraction of sp³-hybridized carbons (Fsp3) is 0.269. The molecule has 0 radical (unpaired) electrons. The lowest BCUT2D eigenvalue weighted by Gasteiger charge is -2.34. The van der Waals surface area contributed by atoms with Crippen LogP contribution in [-0.4, -0.2) is 18.4 Å². The van der Waals surface area contributed by atoms with Crippen molar-refractivity contribution < 1.29 is 18.7 Å². The van der Waals surface area contributed by atoms with Crippen LogP contribution in [0.3, 0.4) is 0 Å². The zero-order valence-corrected chi connectivity index (χ0v) is 18.2. The van der Waals surface area contributed by atoms with Crippen LogP contribution >= 0.6 is 0 Å². The lowest BCUT2D eigenvalue weighted by molar-refractivity contribution is -0.122. The fourth-order valence-electron chi connectivity index (χ4n) is 3.97. The predicted molar refractivity (Wildman–Crippen MR) is 120 cm³/mol. The third-order valence-electron chi connectivity index (χ3n) is 5.74. The quantitative estimate of drug-likeness (QED) is 0.576. The van der Waals surface area contributed by atoms with Crippen LogP contribution in [0.5, 0.6) is 11.5 Å². The summed E-state index contributed by atoms with van der Waals surface area (Å²) in [5.41, 5.74) is 4.49. The molecular weight excluding hydrogens is 393 g/mol. The van der Waals surface area contributed by atoms with Crippen molar-refractivity contribution in [3.63, 3.8) is 0 Å². The summed E-state index contributed by atoms with van der Waals surface area (Å²) in [5, 5.41) is 3.34. The molecule has 0 fully saturated rings. The van der Waals surface area contributed by atoms with Crippen LogP contribution in [0.1, 0.15) is 30.5 Å². The molecule has 0 atom stereocenters. The SMILES string of the molecule is COc1ccc(F)cc1-c1ccc2c(c1COc1cccc(C)c1)CC(=O)C(C)(C)N2. The highest BCUT2D eigenvalue weighted by Crippen LogP contribution is 2.40. The molecule has 0 aromatic heterocycles. The average Bonchev–Trinajstić information content (AvgIpc) is 2.73. The number of aryl methyl sites for hydroxylation is 1. The van der Waals surface area contributed by atoms with E-state index in [0.717, 1.165) is 33.7 Å². The Bertz CT molecular complexity index is 1150. The number of Topliss-reactive ketones (excluding diaryl/α,β-unsaturated/α-hetero) is 1. The summed E-state index contributed by atoms with van der Waals surface area (Å²) in [6, 6.07) is 16.1. The van der Waals surface area contributed by atoms with E-state index in [0.29, 0.717) is 11.3 Å². The number of halogens is 1. The van der Waals surface area contributed by atoms with E-state index in [-0.39, 0.29) is 24.6 Å². The van der Waals surface area contributed by atoms with Crippen LogP contribution < -0.4 is 14.8 Å². The van der Waals surface area contributed by atoms with Crippen molar-refractivity contribution in [1.82, 2.24) is 0 Å². The maximum Gasteiger partial charge on any atom is 0.162 e. The lowest BCUT2D eigenvalue weighted by Crippen LogP contribution is -2.45. The molecule has 1 N–H and O–H groups in total. The molecule has 31 heavy (non-hydrogen) atoms. The van der Waals surface area contributed by atoms with E-state index in [2.05, 4.69) is 5.32 Å². The number of rotatable bonds is 5. The van der Waals surface area contributed by atoms with E-state index in [1.54, 1.807) is 13.2 Å². The Balaban J connectivity index is 1.84. The topological polar surface area (TPSA) is 47.6 Å². The summed E-state index contributed by atoms with van der Waals surface area (Å²) in [6.07, 6.45) is 0.285. The van der Waals surface area contributed by atoms with E-state index >= 15 is 0 Å². The Hall–Kier alpha value is -3.34. The summed E-state index contributed by atoms with van der Waals surface area (Å²) in [6.45, 7) is 6.01. The second kappa shape index (κ2) is 8.06. The summed E-state index contributed by atoms with van der Waals surface area (Å²) in [7, 11) is 1.56. The van der Waals surface area contributed by atoms with Crippen molar-refractivity contribution in [3.8, 4) is 22.6 Å². The molecule has 0 amide bonds. The number of ketones is 1. The van der Waals surface area contributed by atoms with Gasteiger partial charge >= 0.3 is 0 Å². The van der Waals surface area contributed by atoms with Gasteiger partial charge in [-0.1, -0.05) is 18.2 Å². The third kappa shape index (κ3) is 4.13. The molecule has 5 heteroatoms. The van der Waals surface area contributed by atoms with Gasteiger partial charge in [0.25, 0.3) is 0 Å². The molecule has 0 bridgehead atoms. The van der Waals surface area contributed by atoms with E-state index in [1.165, 1.54) is 12.1 Å². The number of benzene rings is 3. The highest BCUT2D eigenvalue weighted by molar-refractivity contribution is 5.97. The largest absolute Gasteiger partial charge is 0.496 e. The van der Waals surface area contributed by atoms with Gasteiger partial charge in [0, 0.05) is 23.2 Å². The number of nitrogens with one attached hydrogen (secondary N) is 1. The van der Waals surface area contributed by atoms with Crippen molar-refractivity contribution in [1.29, 1.82) is 0 Å². The number of hydrogen-bond acceptors (Lipinski definition) is 4. The number of anilines is 1. The second-order valence-electron chi connectivity index (χ2n) is 8.42. The summed E-state index contributed by atoms with van der Waals surface area (Å²) in [5.74, 6) is 1.05. The van der Waals surface area contributed by atoms with Crippen LogP contribution in [-0.2, 0) is 17.8 Å². The predicted octanol–water partition coefficient (Wildman–Crippen LogP) is 5.70. The van der Waals surface area contributed by atoms with E-state index in [9.17, 15) is 9.18 Å². The zero-order chi connectivity index (χ0) is 22.2. The first kappa shape index (κ1) is 20.9. The van der Waals surface area contributed by atoms with Gasteiger partial charge in [0.15, 0.2) is 5.78 Å². The standard InChI is InChI=1S/C26H26FNO3/c1-16-6-5-7-18(12-16)31-15-22-19(21-13-17(27)8-11-24(21)30-4)9-10-23-20(22)14-25(29)26(2,3)28-23/h5-13,28H,14-15H2,1-4H3. The molecule has 0 saturated heterocycles. The maximum absolute atomic E-state index is 14.1. The smallest absolute Gasteiger partial charge is 0.162 e. The molecule has 0 unspecified atom stereocenters. The Kier molecular flexibility index (Phi) is 5.44. The van der Waals surface area contributed by atoms with Gasteiger partial charge < -0.3 is 14.8 Å². The fourth-order valence-corrected chi connectivity index (χ4v) is 3.97. The molecule has 3 aromatic rings. The Morgan fingerprint density at radius 2 is 1.87 bits per heavy atom. The molecule has 1 aliphatic rings. The lowest BCUT2D eigenvalue weighted by atomic mass is 9.83. The molecule has 1 aliphatic heterocycles. The van der Waals surface area contributed by atoms with Crippen molar-refractivity contribution in [2.24, 2.45) is 0 Å². The summed E-state index contributed by atoms with van der Waals surface area (Å²) in [4.78, 5) is 12.8. The molecule has 3 aromatic carbocycles. The highest BCUT2D eigenvalue weighted by atomic mass is 19.1. The summed E-state index contributed by atoms with van der Waals surface area (Å²) >= 11 is 0. The van der Waals surface area contributed by atoms with Gasteiger partial charge in [0.05, 0.1) is 12.6 Å². The number of methoxy groups -OCH3 is 1. The minimum atomic E-state index is -0.639. The van der Waals surface area contributed by atoms with Crippen LogP contribution in [0, 0.1) is 12.7 Å². The van der Waals surface area contributed by atoms with Gasteiger partial charge in [0.2, 0.25) is 0 Å². The second-order valence-corrected chi connectivity index (χ2v) is 8.42. The van der Waals surface area contributed by atoms with Crippen LogP contribution in [0.4, 0.5) is 10.1 Å². The number of hydrogen-bond donors (Lipinski definition) is 1. The van der Waals surface area contributed by atoms with E-state index in [1.807, 2.05) is 57.2 Å². The van der Waals surface area contributed by atoms with Crippen molar-refractivity contribution in [3.05, 3.63) is 77.1 Å². The number of fused-ring (bicyclic) bond motifs is 1. The molecule has 1 heterocycles. The van der Waals surface area contributed by atoms with Gasteiger partial charge in [-0.25, -0.2) is 4.39 Å². The van der Waals surface area contributed by atoms with Crippen LogP contribution in [0.15, 0.2) is 54.6 Å². The molecule has 0 aliphatic carbocycles. The first-order valence-electron chi connectivity index (χ1n) is 10.3. The van der Waals surface area contributed by atoms with Crippen molar-refractivity contribution in [2.75, 3.05) is 12.4 Å². The maximum atomic E-state index is 14.1. The third-order valence-corrected chi connectivity index (χ3v) is 5.74. The number of carbonyl (C=O) groups excluding carboxylic acids is 1. The van der Waals surface area contributed by atoms with Crippen LogP contribution in [0.25, 0.3) is 11.1 Å². The van der Waals surface area contributed by atoms with Crippen molar-refractivity contribution in [2.45, 2.75) is 39.3 Å². The Labute approximate surface area is 182 Å². The number of carbonyl (C=O) groups is 1. The van der Waals surface area contributed by atoms with Crippen LogP contribution in [0.2, 0.25) is 0 Å². The molecule has 0 saturated carbocycles. The minimum absolute atomic E-state index is 0.0974. The number of ether oxygens (including phenoxy) is 2. The van der Waals surface area contributed by atoms with Crippen molar-refractivity contribution >= 4 is 11.5 Å². The Morgan fingerprint density at radius 1 is 1.06 bits per heavy atom. The first-order chi connectivity index (χ1) is 14.8. The molecular formula is C26H26FNO3. The normalized spacial score (nSPS) is 14.5. The average molecular weight is 419 g/mol. The zero-order valence-electron chi connectivity index (χ0n) is 18.2. The molecule has 0 spiro atoms. The molecule has 4 rings (SSSR count). The van der Waals surface area contributed by atoms with E-state index in [4.69, 9.17) is 9.47 Å². The van der Waals surface area contributed by atoms with Gasteiger partial charge in [-0.05, 0) is 73.9 Å². The molecule has 160 valence electrons. The summed E-state index contributed by atoms with van der Waals surface area (Å²) < 4.78 is 25.8. The minimum Gasteiger partial charge on any atom is -0.496 e. The molecule has 4 nitrogen and oxygen atoms in total. The van der Waals surface area contributed by atoms with Gasteiger partial charge in [-0.3, -0.25) is 4.79 Å². The highest BCUT2D eigenvalue weighted by Gasteiger charge is 2.34.